The molecule has 1 unspecified atom stereocenters. The molecule has 2 heterocycles. The van der Waals surface area contributed by atoms with Gasteiger partial charge in [-0.3, -0.25) is 9.69 Å². The molecule has 0 aromatic heterocycles. The molecule has 2 saturated heterocycles. The average molecular weight is 240 g/mol. The summed E-state index contributed by atoms with van der Waals surface area (Å²) >= 11 is 0. The van der Waals surface area contributed by atoms with Gasteiger partial charge in [-0.25, -0.2) is 4.79 Å². The van der Waals surface area contributed by atoms with Crippen LogP contribution >= 0.6 is 0 Å². The first-order chi connectivity index (χ1) is 7.96. The van der Waals surface area contributed by atoms with Gasteiger partial charge in [-0.2, -0.15) is 0 Å². The molecule has 0 radical (unpaired) electrons. The number of likely N-dealkylation sites (tertiary alicyclic amines) is 2. The molecule has 2 rings (SSSR count). The topological polar surface area (TPSA) is 92.7 Å². The van der Waals surface area contributed by atoms with E-state index >= 15 is 0 Å². The standard InChI is InChI=1S/C11H20N4O2/c1-14-8(9(12)16)2-3-11(14)4-6-15(7-5-11)10(13)17/h8H,2-7H2,1H3,(H2,12,16)(H2,13,17). The highest BCUT2D eigenvalue weighted by Gasteiger charge is 2.47. The van der Waals surface area contributed by atoms with Crippen molar-refractivity contribution in [3.63, 3.8) is 0 Å². The van der Waals surface area contributed by atoms with Gasteiger partial charge in [-0.05, 0) is 32.7 Å². The van der Waals surface area contributed by atoms with Crippen LogP contribution in [0.2, 0.25) is 0 Å². The summed E-state index contributed by atoms with van der Waals surface area (Å²) in [5.74, 6) is -0.248. The van der Waals surface area contributed by atoms with Crippen molar-refractivity contribution in [2.45, 2.75) is 37.3 Å². The summed E-state index contributed by atoms with van der Waals surface area (Å²) in [5.41, 5.74) is 10.7. The number of likely N-dealkylation sites (N-methyl/N-ethyl adjacent to an activating group) is 1. The number of rotatable bonds is 1. The minimum absolute atomic E-state index is 0.0334. The van der Waals surface area contributed by atoms with Crippen LogP contribution in [0.25, 0.3) is 0 Å². The van der Waals surface area contributed by atoms with E-state index in [2.05, 4.69) is 4.90 Å². The van der Waals surface area contributed by atoms with Crippen LogP contribution in [0, 0.1) is 0 Å². The number of amides is 3. The number of carbonyl (C=O) groups excluding carboxylic acids is 2. The predicted octanol–water partition coefficient (Wildman–Crippen LogP) is -0.521. The second-order valence-electron chi connectivity index (χ2n) is 5.12. The third-order valence-electron chi connectivity index (χ3n) is 4.43. The first kappa shape index (κ1) is 12.2. The Morgan fingerprint density at radius 1 is 1.18 bits per heavy atom. The smallest absolute Gasteiger partial charge is 0.314 e. The number of urea groups is 1. The van der Waals surface area contributed by atoms with Crippen molar-refractivity contribution in [2.24, 2.45) is 11.5 Å². The van der Waals surface area contributed by atoms with Gasteiger partial charge in [0.05, 0.1) is 6.04 Å². The van der Waals surface area contributed by atoms with E-state index in [4.69, 9.17) is 11.5 Å². The molecule has 0 aromatic carbocycles. The summed E-state index contributed by atoms with van der Waals surface area (Å²) in [5, 5.41) is 0. The second kappa shape index (κ2) is 4.18. The Hall–Kier alpha value is -1.30. The van der Waals surface area contributed by atoms with E-state index in [1.807, 2.05) is 7.05 Å². The van der Waals surface area contributed by atoms with E-state index in [0.717, 1.165) is 25.7 Å². The van der Waals surface area contributed by atoms with E-state index in [0.29, 0.717) is 13.1 Å². The Bertz CT molecular complexity index is 336. The van der Waals surface area contributed by atoms with Gasteiger partial charge in [-0.1, -0.05) is 0 Å². The molecule has 6 nitrogen and oxygen atoms in total. The fourth-order valence-corrected chi connectivity index (χ4v) is 3.19. The maximum absolute atomic E-state index is 11.3. The molecular weight excluding hydrogens is 220 g/mol. The summed E-state index contributed by atoms with van der Waals surface area (Å²) in [6.07, 6.45) is 3.54. The molecule has 2 fully saturated rings. The third kappa shape index (κ3) is 1.97. The van der Waals surface area contributed by atoms with Gasteiger partial charge in [0.2, 0.25) is 5.91 Å². The molecule has 2 aliphatic rings. The molecule has 6 heteroatoms. The van der Waals surface area contributed by atoms with Crippen molar-refractivity contribution in [1.29, 1.82) is 0 Å². The van der Waals surface area contributed by atoms with Crippen LogP contribution in [0.1, 0.15) is 25.7 Å². The first-order valence-corrected chi connectivity index (χ1v) is 6.03. The Kier molecular flexibility index (Phi) is 2.99. The Labute approximate surface area is 101 Å². The molecule has 0 bridgehead atoms. The quantitative estimate of drug-likeness (QED) is 0.646. The maximum atomic E-state index is 11.3. The van der Waals surface area contributed by atoms with Gasteiger partial charge in [0.15, 0.2) is 0 Å². The summed E-state index contributed by atoms with van der Waals surface area (Å²) in [6.45, 7) is 1.34. The number of piperidine rings is 1. The van der Waals surface area contributed by atoms with E-state index in [1.54, 1.807) is 4.90 Å². The zero-order chi connectivity index (χ0) is 12.6. The van der Waals surface area contributed by atoms with Crippen LogP contribution in [0.5, 0.6) is 0 Å². The SMILES string of the molecule is CN1C(C(N)=O)CCC12CCN(C(N)=O)CC2. The first-order valence-electron chi connectivity index (χ1n) is 6.03. The fourth-order valence-electron chi connectivity index (χ4n) is 3.19. The molecule has 0 aromatic rings. The molecule has 0 saturated carbocycles. The van der Waals surface area contributed by atoms with E-state index < -0.39 is 0 Å². The summed E-state index contributed by atoms with van der Waals surface area (Å²) in [6, 6.07) is -0.512. The molecule has 96 valence electrons. The average Bonchev–Trinajstić information content (AvgIpc) is 2.58. The fraction of sp³-hybridized carbons (Fsp3) is 0.818. The zero-order valence-corrected chi connectivity index (χ0v) is 10.2. The molecule has 3 amide bonds. The number of carbonyl (C=O) groups is 2. The largest absolute Gasteiger partial charge is 0.368 e. The highest BCUT2D eigenvalue weighted by atomic mass is 16.2. The van der Waals surface area contributed by atoms with E-state index in [-0.39, 0.29) is 23.5 Å². The van der Waals surface area contributed by atoms with Crippen molar-refractivity contribution in [3.05, 3.63) is 0 Å². The van der Waals surface area contributed by atoms with Crippen LogP contribution in [0.4, 0.5) is 4.79 Å². The van der Waals surface area contributed by atoms with Crippen molar-refractivity contribution in [3.8, 4) is 0 Å². The highest BCUT2D eigenvalue weighted by Crippen LogP contribution is 2.40. The predicted molar refractivity (Wildman–Crippen MR) is 63.1 cm³/mol. The van der Waals surface area contributed by atoms with Crippen LogP contribution < -0.4 is 11.5 Å². The van der Waals surface area contributed by atoms with Gasteiger partial charge >= 0.3 is 6.03 Å². The van der Waals surface area contributed by atoms with Gasteiger partial charge in [0, 0.05) is 18.6 Å². The monoisotopic (exact) mass is 240 g/mol. The van der Waals surface area contributed by atoms with E-state index in [1.165, 1.54) is 0 Å². The van der Waals surface area contributed by atoms with E-state index in [9.17, 15) is 9.59 Å². The van der Waals surface area contributed by atoms with Crippen LogP contribution in [0.15, 0.2) is 0 Å². The number of hydrogen-bond donors (Lipinski definition) is 2. The number of primary amides is 2. The third-order valence-corrected chi connectivity index (χ3v) is 4.43. The van der Waals surface area contributed by atoms with Crippen molar-refractivity contribution >= 4 is 11.9 Å². The lowest BCUT2D eigenvalue weighted by molar-refractivity contribution is -0.123. The van der Waals surface area contributed by atoms with Gasteiger partial charge in [-0.15, -0.1) is 0 Å². The summed E-state index contributed by atoms with van der Waals surface area (Å²) in [4.78, 5) is 26.1. The highest BCUT2D eigenvalue weighted by molar-refractivity contribution is 5.80. The molecule has 17 heavy (non-hydrogen) atoms. The summed E-state index contributed by atoms with van der Waals surface area (Å²) in [7, 11) is 1.96. The number of hydrogen-bond acceptors (Lipinski definition) is 3. The van der Waals surface area contributed by atoms with Gasteiger partial charge in [0.25, 0.3) is 0 Å². The minimum Gasteiger partial charge on any atom is -0.368 e. The molecule has 0 aliphatic carbocycles. The molecule has 2 aliphatic heterocycles. The second-order valence-corrected chi connectivity index (χ2v) is 5.12. The molecule has 1 spiro atoms. The normalized spacial score (nSPS) is 28.5. The van der Waals surface area contributed by atoms with Gasteiger partial charge in [0.1, 0.15) is 0 Å². The van der Waals surface area contributed by atoms with Gasteiger partial charge < -0.3 is 16.4 Å². The van der Waals surface area contributed by atoms with Crippen LogP contribution in [0.3, 0.4) is 0 Å². The Morgan fingerprint density at radius 3 is 2.18 bits per heavy atom. The zero-order valence-electron chi connectivity index (χ0n) is 10.2. The minimum atomic E-state index is -0.355. The lowest BCUT2D eigenvalue weighted by atomic mass is 9.85. The van der Waals surface area contributed by atoms with Crippen LogP contribution in [-0.2, 0) is 4.79 Å². The number of nitrogens with zero attached hydrogens (tertiary/aromatic N) is 2. The molecular formula is C11H20N4O2. The molecule has 4 N–H and O–H groups in total. The number of nitrogens with two attached hydrogens (primary N) is 2. The Balaban J connectivity index is 2.04. The van der Waals surface area contributed by atoms with Crippen molar-refractivity contribution in [1.82, 2.24) is 9.80 Å². The lowest BCUT2D eigenvalue weighted by Crippen LogP contribution is -2.55. The Morgan fingerprint density at radius 2 is 1.76 bits per heavy atom. The maximum Gasteiger partial charge on any atom is 0.314 e. The van der Waals surface area contributed by atoms with Crippen LogP contribution in [-0.4, -0.2) is 53.5 Å². The van der Waals surface area contributed by atoms with Crippen molar-refractivity contribution in [2.75, 3.05) is 20.1 Å². The lowest BCUT2D eigenvalue weighted by Gasteiger charge is -2.44. The van der Waals surface area contributed by atoms with Crippen molar-refractivity contribution < 1.29 is 9.59 Å². The molecule has 1 atom stereocenters. The summed E-state index contributed by atoms with van der Waals surface area (Å²) < 4.78 is 0.